The normalized spacial score (nSPS) is 15.2. The van der Waals surface area contributed by atoms with Crippen molar-refractivity contribution in [2.45, 2.75) is 33.2 Å². The van der Waals surface area contributed by atoms with Gasteiger partial charge in [0.1, 0.15) is 12.2 Å². The molecule has 1 atom stereocenters. The van der Waals surface area contributed by atoms with Crippen molar-refractivity contribution >= 4 is 11.3 Å². The summed E-state index contributed by atoms with van der Waals surface area (Å²) >= 11 is 0. The number of aryl methyl sites for hydroxylation is 1. The maximum Gasteiger partial charge on any atom is 0.155 e. The maximum atomic E-state index is 4.98. The van der Waals surface area contributed by atoms with Crippen LogP contribution in [0.4, 0.5) is 5.69 Å². The fraction of sp³-hybridized carbons (Fsp3) is 0.231. The average molecular weight is 436 g/mol. The molecule has 0 saturated heterocycles. The van der Waals surface area contributed by atoms with E-state index in [-0.39, 0.29) is 0 Å². The Balaban J connectivity index is 1.37. The second-order valence-electron chi connectivity index (χ2n) is 8.86. The van der Waals surface area contributed by atoms with E-state index in [0.29, 0.717) is 12.5 Å². The minimum absolute atomic E-state index is 0.606. The van der Waals surface area contributed by atoms with Crippen LogP contribution in [0.5, 0.6) is 0 Å². The van der Waals surface area contributed by atoms with Crippen LogP contribution in [0.25, 0.3) is 28.3 Å². The van der Waals surface area contributed by atoms with E-state index < -0.39 is 0 Å². The Bertz CT molecular complexity index is 1460. The largest absolute Gasteiger partial charge is 0.378 e. The first-order valence-electron chi connectivity index (χ1n) is 11.3. The Morgan fingerprint density at radius 1 is 1.06 bits per heavy atom. The highest BCUT2D eigenvalue weighted by atomic mass is 15.3. The predicted molar refractivity (Wildman–Crippen MR) is 129 cm³/mol. The van der Waals surface area contributed by atoms with Crippen molar-refractivity contribution in [3.8, 4) is 22.6 Å². The van der Waals surface area contributed by atoms with E-state index in [1.165, 1.54) is 16.8 Å². The van der Waals surface area contributed by atoms with Gasteiger partial charge in [0.15, 0.2) is 5.65 Å². The third-order valence-corrected chi connectivity index (χ3v) is 6.29. The summed E-state index contributed by atoms with van der Waals surface area (Å²) in [6.45, 7) is 4.92. The number of pyridine rings is 2. The first kappa shape index (κ1) is 19.7. The van der Waals surface area contributed by atoms with Gasteiger partial charge in [0.05, 0.1) is 23.6 Å². The van der Waals surface area contributed by atoms with Crippen LogP contribution in [0.3, 0.4) is 0 Å². The van der Waals surface area contributed by atoms with Crippen LogP contribution in [-0.2, 0) is 19.4 Å². The molecule has 0 spiro atoms. The van der Waals surface area contributed by atoms with E-state index in [2.05, 4.69) is 45.5 Å². The molecule has 0 fully saturated rings. The quantitative estimate of drug-likeness (QED) is 0.413. The molecular formula is C26H25N7. The van der Waals surface area contributed by atoms with Crippen molar-refractivity contribution in [1.82, 2.24) is 29.5 Å². The maximum absolute atomic E-state index is 4.98. The molecule has 164 valence electrons. The Kier molecular flexibility index (Phi) is 4.68. The number of imidazole rings is 1. The van der Waals surface area contributed by atoms with Gasteiger partial charge in [-0.25, -0.2) is 14.5 Å². The molecule has 7 nitrogen and oxygen atoms in total. The van der Waals surface area contributed by atoms with Gasteiger partial charge >= 0.3 is 0 Å². The molecule has 1 aliphatic rings. The lowest BCUT2D eigenvalue weighted by atomic mass is 10.1. The molecule has 4 aromatic heterocycles. The molecule has 1 unspecified atom stereocenters. The fourth-order valence-corrected chi connectivity index (χ4v) is 4.75. The molecule has 5 aromatic rings. The first-order chi connectivity index (χ1) is 16.1. The summed E-state index contributed by atoms with van der Waals surface area (Å²) in [5, 5.41) is 7.90. The molecule has 6 rings (SSSR count). The van der Waals surface area contributed by atoms with Gasteiger partial charge in [0, 0.05) is 23.1 Å². The number of aromatic nitrogens is 6. The summed E-state index contributed by atoms with van der Waals surface area (Å²) in [4.78, 5) is 17.5. The summed E-state index contributed by atoms with van der Waals surface area (Å²) in [5.74, 6) is 1.56. The van der Waals surface area contributed by atoms with E-state index in [4.69, 9.17) is 9.97 Å². The molecule has 0 aliphatic heterocycles. The van der Waals surface area contributed by atoms with Crippen molar-refractivity contribution < 1.29 is 0 Å². The lowest BCUT2D eigenvalue weighted by Crippen LogP contribution is -2.04. The van der Waals surface area contributed by atoms with Crippen molar-refractivity contribution in [1.29, 1.82) is 0 Å². The van der Waals surface area contributed by atoms with Gasteiger partial charge in [0.25, 0.3) is 0 Å². The summed E-state index contributed by atoms with van der Waals surface area (Å²) in [5.41, 5.74) is 9.46. The zero-order valence-corrected chi connectivity index (χ0v) is 18.7. The van der Waals surface area contributed by atoms with E-state index in [9.17, 15) is 0 Å². The summed E-state index contributed by atoms with van der Waals surface area (Å²) in [6.07, 6.45) is 5.80. The molecular weight excluding hydrogens is 410 g/mol. The number of rotatable bonds is 5. The number of nitrogens with zero attached hydrogens (tertiary/aromatic N) is 5. The van der Waals surface area contributed by atoms with Crippen LogP contribution in [0, 0.1) is 12.8 Å². The molecule has 7 heteroatoms. The second-order valence-corrected chi connectivity index (χ2v) is 8.86. The molecule has 0 bridgehead atoms. The topological polar surface area (TPSA) is 83.8 Å². The number of nitrogens with one attached hydrogen (secondary N) is 2. The van der Waals surface area contributed by atoms with Crippen LogP contribution in [0.1, 0.15) is 29.6 Å². The number of benzene rings is 1. The molecule has 2 N–H and O–H groups in total. The van der Waals surface area contributed by atoms with Crippen LogP contribution < -0.4 is 5.32 Å². The summed E-state index contributed by atoms with van der Waals surface area (Å²) < 4.78 is 1.77. The second kappa shape index (κ2) is 7.85. The van der Waals surface area contributed by atoms with Crippen molar-refractivity contribution in [3.05, 3.63) is 83.7 Å². The Morgan fingerprint density at radius 2 is 1.97 bits per heavy atom. The molecule has 0 saturated carbocycles. The third kappa shape index (κ3) is 3.65. The number of H-pyrrole nitrogens is 1. The number of hydrogen-bond donors (Lipinski definition) is 2. The molecule has 0 amide bonds. The van der Waals surface area contributed by atoms with Gasteiger partial charge < -0.3 is 10.3 Å². The fourth-order valence-electron chi connectivity index (χ4n) is 4.75. The smallest absolute Gasteiger partial charge is 0.155 e. The number of hydrogen-bond acceptors (Lipinski definition) is 5. The van der Waals surface area contributed by atoms with Gasteiger partial charge in [-0.15, -0.1) is 0 Å². The van der Waals surface area contributed by atoms with Crippen LogP contribution in [0.2, 0.25) is 0 Å². The first-order valence-corrected chi connectivity index (χ1v) is 11.3. The van der Waals surface area contributed by atoms with Crippen LogP contribution in [0.15, 0.2) is 61.1 Å². The van der Waals surface area contributed by atoms with Crippen molar-refractivity contribution in [2.75, 3.05) is 5.32 Å². The Morgan fingerprint density at radius 3 is 2.88 bits per heavy atom. The Labute approximate surface area is 192 Å². The van der Waals surface area contributed by atoms with Crippen LogP contribution in [-0.4, -0.2) is 29.5 Å². The highest BCUT2D eigenvalue weighted by molar-refractivity contribution is 5.77. The van der Waals surface area contributed by atoms with Gasteiger partial charge in [0.2, 0.25) is 0 Å². The average Bonchev–Trinajstić information content (AvgIpc) is 3.54. The summed E-state index contributed by atoms with van der Waals surface area (Å²) in [6, 6.07) is 16.6. The van der Waals surface area contributed by atoms with Gasteiger partial charge in [-0.2, -0.15) is 5.10 Å². The standard InChI is InChI=1S/C26H25N7/c1-16-11-18-6-4-7-21(20(18)12-16)27-13-23-31-25(19-9-10-24-28-15-29-33(24)14-19)26(32-23)22-8-3-5-17(2)30-22/h3-10,14-16,27H,11-13H2,1-2H3,(H,31,32). The van der Waals surface area contributed by atoms with E-state index in [0.717, 1.165) is 52.7 Å². The minimum Gasteiger partial charge on any atom is -0.378 e. The lowest BCUT2D eigenvalue weighted by Gasteiger charge is -2.10. The lowest BCUT2D eigenvalue weighted by molar-refractivity contribution is 0.628. The SMILES string of the molecule is Cc1cccc(-c2[nH]c(CNc3cccc4c3CC(C)C4)nc2-c2ccc3ncnn3c2)n1. The zero-order chi connectivity index (χ0) is 22.4. The number of fused-ring (bicyclic) bond motifs is 2. The summed E-state index contributed by atoms with van der Waals surface area (Å²) in [7, 11) is 0. The van der Waals surface area contributed by atoms with E-state index >= 15 is 0 Å². The van der Waals surface area contributed by atoms with Gasteiger partial charge in [-0.3, -0.25) is 4.98 Å². The Hall–Kier alpha value is -4.00. The number of aromatic amines is 1. The van der Waals surface area contributed by atoms with Gasteiger partial charge in [-0.05, 0) is 67.1 Å². The molecule has 33 heavy (non-hydrogen) atoms. The van der Waals surface area contributed by atoms with Crippen LogP contribution >= 0.6 is 0 Å². The van der Waals surface area contributed by atoms with E-state index in [1.807, 2.05) is 43.5 Å². The molecule has 1 aliphatic carbocycles. The van der Waals surface area contributed by atoms with Crippen molar-refractivity contribution in [2.24, 2.45) is 5.92 Å². The predicted octanol–water partition coefficient (Wildman–Crippen LogP) is 4.84. The molecule has 1 aromatic carbocycles. The van der Waals surface area contributed by atoms with E-state index in [1.54, 1.807) is 10.8 Å². The monoisotopic (exact) mass is 435 g/mol. The number of anilines is 1. The zero-order valence-electron chi connectivity index (χ0n) is 18.7. The highest BCUT2D eigenvalue weighted by Gasteiger charge is 2.21. The minimum atomic E-state index is 0.606. The van der Waals surface area contributed by atoms with Gasteiger partial charge in [-0.1, -0.05) is 25.1 Å². The van der Waals surface area contributed by atoms with Crippen molar-refractivity contribution in [3.63, 3.8) is 0 Å². The highest BCUT2D eigenvalue weighted by Crippen LogP contribution is 2.33. The molecule has 0 radical (unpaired) electrons. The third-order valence-electron chi connectivity index (χ3n) is 6.29. The molecule has 4 heterocycles.